The molecule has 1 N–H and O–H groups in total. The van der Waals surface area contributed by atoms with E-state index in [2.05, 4.69) is 10.3 Å². The van der Waals surface area contributed by atoms with Gasteiger partial charge in [-0.25, -0.2) is 9.78 Å². The van der Waals surface area contributed by atoms with E-state index in [1.165, 1.54) is 0 Å². The number of ether oxygens (including phenoxy) is 2. The number of nitrogens with zero attached hydrogens (tertiary/aromatic N) is 2. The zero-order valence-electron chi connectivity index (χ0n) is 23.0. The predicted molar refractivity (Wildman–Crippen MR) is 145 cm³/mol. The maximum atomic E-state index is 12.7. The number of aryl methyl sites for hydroxylation is 1. The Bertz CT molecular complexity index is 1330. The van der Waals surface area contributed by atoms with Crippen molar-refractivity contribution in [2.45, 2.75) is 76.3 Å². The molecule has 2 aliphatic carbocycles. The van der Waals surface area contributed by atoms with Crippen LogP contribution in [-0.4, -0.2) is 57.1 Å². The number of aromatic nitrogens is 1. The highest BCUT2D eigenvalue weighted by molar-refractivity contribution is 7.86. The number of alkyl carbamates (subject to hydrolysis) is 1. The van der Waals surface area contributed by atoms with Gasteiger partial charge in [-0.05, 0) is 89.5 Å². The first kappa shape index (κ1) is 28.0. The molecule has 10 heteroatoms. The van der Waals surface area contributed by atoms with E-state index in [4.69, 9.17) is 18.6 Å². The highest BCUT2D eigenvalue weighted by Crippen LogP contribution is 2.39. The van der Waals surface area contributed by atoms with Gasteiger partial charge in [0, 0.05) is 18.8 Å². The van der Waals surface area contributed by atoms with Crippen molar-refractivity contribution in [3.8, 4) is 5.88 Å². The fourth-order valence-corrected chi connectivity index (χ4v) is 5.53. The molecule has 1 heterocycles. The number of hydrogen-bond donors (Lipinski definition) is 1. The SMILES string of the molecule is CN=Cc1nc(OCC2(NC(=O)OC(C)(C)C)CC2)c(C)c2c1CC(COS(=O)(=O)c1ccc(C)cc1)C2. The van der Waals surface area contributed by atoms with Gasteiger partial charge in [-0.3, -0.25) is 9.18 Å². The fraction of sp³-hybridized carbons (Fsp3) is 0.536. The standard InChI is InChI=1S/C28H37N3O6S/c1-18-7-9-21(10-8-18)38(33,34)36-16-20-13-22-19(2)25(30-24(15-29-6)23(22)14-20)35-17-28(11-12-28)31-26(32)37-27(3,4)5/h7-10,15,20H,11-14,16-17H2,1-6H3,(H,31,32). The first-order valence-electron chi connectivity index (χ1n) is 12.9. The quantitative estimate of drug-likeness (QED) is 0.370. The molecule has 4 rings (SSSR count). The van der Waals surface area contributed by atoms with Gasteiger partial charge in [-0.1, -0.05) is 17.7 Å². The summed E-state index contributed by atoms with van der Waals surface area (Å²) in [6.07, 6.45) is 4.12. The van der Waals surface area contributed by atoms with Gasteiger partial charge in [0.15, 0.2) is 0 Å². The molecule has 1 fully saturated rings. The predicted octanol–water partition coefficient (Wildman–Crippen LogP) is 4.30. The summed E-state index contributed by atoms with van der Waals surface area (Å²) in [5, 5.41) is 2.95. The van der Waals surface area contributed by atoms with E-state index in [0.29, 0.717) is 24.4 Å². The second-order valence-corrected chi connectivity index (χ2v) is 12.9. The van der Waals surface area contributed by atoms with E-state index in [9.17, 15) is 13.2 Å². The lowest BCUT2D eigenvalue weighted by atomic mass is 10.0. The molecule has 2 aromatic rings. The number of benzene rings is 1. The molecule has 1 saturated carbocycles. The normalized spacial score (nSPS) is 18.3. The highest BCUT2D eigenvalue weighted by atomic mass is 32.2. The van der Waals surface area contributed by atoms with Gasteiger partial charge in [0.25, 0.3) is 10.1 Å². The lowest BCUT2D eigenvalue weighted by Crippen LogP contribution is -2.44. The molecule has 38 heavy (non-hydrogen) atoms. The van der Waals surface area contributed by atoms with Crippen LogP contribution in [0, 0.1) is 19.8 Å². The van der Waals surface area contributed by atoms with E-state index in [1.54, 1.807) is 37.5 Å². The van der Waals surface area contributed by atoms with E-state index >= 15 is 0 Å². The number of hydrogen-bond acceptors (Lipinski definition) is 8. The van der Waals surface area contributed by atoms with Crippen LogP contribution < -0.4 is 10.1 Å². The Morgan fingerprint density at radius 3 is 2.42 bits per heavy atom. The molecule has 0 saturated heterocycles. The molecule has 1 aromatic heterocycles. The van der Waals surface area contributed by atoms with Gasteiger partial charge in [-0.2, -0.15) is 8.42 Å². The Morgan fingerprint density at radius 1 is 1.16 bits per heavy atom. The summed E-state index contributed by atoms with van der Waals surface area (Å²) < 4.78 is 42.4. The minimum absolute atomic E-state index is 0.0198. The van der Waals surface area contributed by atoms with Crippen LogP contribution in [0.3, 0.4) is 0 Å². The summed E-state index contributed by atoms with van der Waals surface area (Å²) >= 11 is 0. The molecular weight excluding hydrogens is 506 g/mol. The first-order chi connectivity index (χ1) is 17.8. The lowest BCUT2D eigenvalue weighted by Gasteiger charge is -2.24. The third kappa shape index (κ3) is 6.71. The molecule has 0 aliphatic heterocycles. The molecule has 0 bridgehead atoms. The molecule has 9 nitrogen and oxygen atoms in total. The summed E-state index contributed by atoms with van der Waals surface area (Å²) in [7, 11) is -2.16. The second-order valence-electron chi connectivity index (χ2n) is 11.3. The molecule has 1 aromatic carbocycles. The van der Waals surface area contributed by atoms with Crippen molar-refractivity contribution < 1.29 is 26.9 Å². The lowest BCUT2D eigenvalue weighted by molar-refractivity contribution is 0.0476. The van der Waals surface area contributed by atoms with Crippen LogP contribution in [-0.2, 0) is 31.9 Å². The molecule has 2 aliphatic rings. The minimum Gasteiger partial charge on any atom is -0.475 e. The Morgan fingerprint density at radius 2 is 1.82 bits per heavy atom. The summed E-state index contributed by atoms with van der Waals surface area (Å²) in [6, 6.07) is 6.63. The van der Waals surface area contributed by atoms with E-state index in [0.717, 1.165) is 35.1 Å². The van der Waals surface area contributed by atoms with Crippen molar-refractivity contribution in [3.05, 3.63) is 52.2 Å². The van der Waals surface area contributed by atoms with Crippen molar-refractivity contribution >= 4 is 22.4 Å². The molecule has 0 radical (unpaired) electrons. The monoisotopic (exact) mass is 543 g/mol. The maximum absolute atomic E-state index is 12.7. The molecule has 1 atom stereocenters. The number of pyridine rings is 1. The first-order valence-corrected chi connectivity index (χ1v) is 14.3. The van der Waals surface area contributed by atoms with Crippen molar-refractivity contribution in [3.63, 3.8) is 0 Å². The zero-order chi connectivity index (χ0) is 27.7. The topological polar surface area (TPSA) is 116 Å². The number of rotatable bonds is 9. The van der Waals surface area contributed by atoms with Crippen LogP contribution in [0.4, 0.5) is 4.79 Å². The molecular formula is C28H37N3O6S. The third-order valence-corrected chi connectivity index (χ3v) is 8.08. The van der Waals surface area contributed by atoms with Gasteiger partial charge in [0.2, 0.25) is 5.88 Å². The smallest absolute Gasteiger partial charge is 0.408 e. The van der Waals surface area contributed by atoms with E-state index < -0.39 is 27.4 Å². The van der Waals surface area contributed by atoms with Crippen LogP contribution in [0.25, 0.3) is 0 Å². The molecule has 206 valence electrons. The van der Waals surface area contributed by atoms with E-state index in [-0.39, 0.29) is 24.0 Å². The van der Waals surface area contributed by atoms with E-state index in [1.807, 2.05) is 34.6 Å². The average molecular weight is 544 g/mol. The summed E-state index contributed by atoms with van der Waals surface area (Å²) in [4.78, 5) is 21.3. The second kappa shape index (κ2) is 10.6. The van der Waals surface area contributed by atoms with Crippen molar-refractivity contribution in [2.75, 3.05) is 20.3 Å². The third-order valence-electron chi connectivity index (χ3n) is 6.78. The van der Waals surface area contributed by atoms with Gasteiger partial charge in [-0.15, -0.1) is 0 Å². The Hall–Kier alpha value is -2.98. The number of carbonyl (C=O) groups excluding carboxylic acids is 1. The molecule has 1 amide bonds. The number of amides is 1. The Kier molecular flexibility index (Phi) is 7.86. The Balaban J connectivity index is 1.44. The van der Waals surface area contributed by atoms with Gasteiger partial charge in [0.1, 0.15) is 12.2 Å². The average Bonchev–Trinajstić information content (AvgIpc) is 3.43. The maximum Gasteiger partial charge on any atom is 0.408 e. The summed E-state index contributed by atoms with van der Waals surface area (Å²) in [5.74, 6) is 0.471. The zero-order valence-corrected chi connectivity index (χ0v) is 23.8. The van der Waals surface area contributed by atoms with Gasteiger partial charge < -0.3 is 14.8 Å². The van der Waals surface area contributed by atoms with Crippen molar-refractivity contribution in [1.29, 1.82) is 0 Å². The van der Waals surface area contributed by atoms with Crippen LogP contribution in [0.5, 0.6) is 5.88 Å². The Labute approximate surface area is 225 Å². The largest absolute Gasteiger partial charge is 0.475 e. The van der Waals surface area contributed by atoms with Crippen LogP contribution >= 0.6 is 0 Å². The van der Waals surface area contributed by atoms with Crippen LogP contribution in [0.1, 0.15) is 61.6 Å². The fourth-order valence-electron chi connectivity index (χ4n) is 4.55. The number of aliphatic imine (C=N–C) groups is 1. The molecule has 1 unspecified atom stereocenters. The van der Waals surface area contributed by atoms with Gasteiger partial charge in [0.05, 0.1) is 22.7 Å². The van der Waals surface area contributed by atoms with Crippen molar-refractivity contribution in [1.82, 2.24) is 10.3 Å². The van der Waals surface area contributed by atoms with Gasteiger partial charge >= 0.3 is 6.09 Å². The number of carbonyl (C=O) groups is 1. The summed E-state index contributed by atoms with van der Waals surface area (Å²) in [5.41, 5.74) is 3.67. The van der Waals surface area contributed by atoms with Crippen LogP contribution in [0.2, 0.25) is 0 Å². The minimum atomic E-state index is -3.84. The highest BCUT2D eigenvalue weighted by Gasteiger charge is 2.46. The van der Waals surface area contributed by atoms with Crippen molar-refractivity contribution in [2.24, 2.45) is 10.9 Å². The summed E-state index contributed by atoms with van der Waals surface area (Å²) in [6.45, 7) is 9.70. The number of nitrogens with one attached hydrogen (secondary N) is 1. The molecule has 0 spiro atoms. The number of fused-ring (bicyclic) bond motifs is 1. The van der Waals surface area contributed by atoms with Crippen LogP contribution in [0.15, 0.2) is 34.2 Å².